The molecule has 180 valence electrons. The maximum Gasteiger partial charge on any atom is 0.268 e. The second kappa shape index (κ2) is 12.4. The van der Waals surface area contributed by atoms with E-state index in [9.17, 15) is 19.5 Å². The van der Waals surface area contributed by atoms with Gasteiger partial charge >= 0.3 is 0 Å². The number of amides is 3. The molecule has 9 heteroatoms. The molecule has 3 amide bonds. The van der Waals surface area contributed by atoms with Gasteiger partial charge in [-0.1, -0.05) is 11.8 Å². The monoisotopic (exact) mass is 474 g/mol. The van der Waals surface area contributed by atoms with E-state index in [1.165, 1.54) is 24.5 Å². The number of hydrogen-bond acceptors (Lipinski definition) is 6. The van der Waals surface area contributed by atoms with Gasteiger partial charge in [-0.05, 0) is 86.7 Å². The average Bonchev–Trinajstić information content (AvgIpc) is 3.41. The lowest BCUT2D eigenvalue weighted by atomic mass is 10.1. The molecule has 1 heterocycles. The third-order valence-corrected chi connectivity index (χ3v) is 5.31. The standard InChI is InChI=1S/C26H26N4O5/c1-17(31)23(26(34)30-35)29-24(32)20-12-8-18(9-13-20)5-2-3-6-19-10-14-21(15-11-19)28-25(33)22-7-4-16-27-22/h8-15,17,22-23,27,31,35H,4,7,16H2,1H3,(H,28,33)(H,29,32)(H,30,34)/t17-,22+,23+/m1/s1. The van der Waals surface area contributed by atoms with Crippen molar-refractivity contribution in [2.45, 2.75) is 38.0 Å². The number of aliphatic hydroxyl groups is 1. The van der Waals surface area contributed by atoms with Crippen LogP contribution in [0, 0.1) is 23.7 Å². The Morgan fingerprint density at radius 1 is 1.00 bits per heavy atom. The van der Waals surface area contributed by atoms with Crippen molar-refractivity contribution in [2.24, 2.45) is 0 Å². The molecule has 3 rings (SSSR count). The normalized spacial score (nSPS) is 15.9. The highest BCUT2D eigenvalue weighted by atomic mass is 16.5. The zero-order valence-corrected chi connectivity index (χ0v) is 19.1. The second-order valence-corrected chi connectivity index (χ2v) is 7.96. The van der Waals surface area contributed by atoms with E-state index in [0.29, 0.717) is 11.3 Å². The first-order chi connectivity index (χ1) is 16.9. The zero-order valence-electron chi connectivity index (χ0n) is 19.1. The van der Waals surface area contributed by atoms with Gasteiger partial charge < -0.3 is 21.1 Å². The number of anilines is 1. The van der Waals surface area contributed by atoms with E-state index in [1.807, 2.05) is 0 Å². The largest absolute Gasteiger partial charge is 0.391 e. The van der Waals surface area contributed by atoms with E-state index in [-0.39, 0.29) is 17.5 Å². The predicted molar refractivity (Wildman–Crippen MR) is 129 cm³/mol. The van der Waals surface area contributed by atoms with Gasteiger partial charge in [0.2, 0.25) is 5.91 Å². The minimum Gasteiger partial charge on any atom is -0.391 e. The molecular formula is C26H26N4O5. The van der Waals surface area contributed by atoms with Crippen LogP contribution in [0.3, 0.4) is 0 Å². The van der Waals surface area contributed by atoms with Crippen LogP contribution in [0.2, 0.25) is 0 Å². The summed E-state index contributed by atoms with van der Waals surface area (Å²) in [7, 11) is 0. The van der Waals surface area contributed by atoms with Crippen LogP contribution in [0.5, 0.6) is 0 Å². The summed E-state index contributed by atoms with van der Waals surface area (Å²) >= 11 is 0. The lowest BCUT2D eigenvalue weighted by Crippen LogP contribution is -2.51. The molecule has 9 nitrogen and oxygen atoms in total. The number of carbonyl (C=O) groups excluding carboxylic acids is 3. The number of hydroxylamine groups is 1. The van der Waals surface area contributed by atoms with Gasteiger partial charge in [-0.2, -0.15) is 0 Å². The van der Waals surface area contributed by atoms with E-state index in [4.69, 9.17) is 5.21 Å². The first-order valence-corrected chi connectivity index (χ1v) is 11.1. The van der Waals surface area contributed by atoms with Gasteiger partial charge in [-0.25, -0.2) is 5.48 Å². The van der Waals surface area contributed by atoms with E-state index < -0.39 is 24.0 Å². The van der Waals surface area contributed by atoms with Crippen molar-refractivity contribution in [1.29, 1.82) is 0 Å². The Morgan fingerprint density at radius 3 is 2.11 bits per heavy atom. The fraction of sp³-hybridized carbons (Fsp3) is 0.269. The Hall–Kier alpha value is -4.15. The Kier molecular flexibility index (Phi) is 8.99. The molecule has 0 aromatic heterocycles. The lowest BCUT2D eigenvalue weighted by Gasteiger charge is -2.19. The highest BCUT2D eigenvalue weighted by Gasteiger charge is 2.25. The number of hydrogen-bond donors (Lipinski definition) is 6. The molecule has 1 aliphatic heterocycles. The van der Waals surface area contributed by atoms with Crippen molar-refractivity contribution < 1.29 is 24.7 Å². The second-order valence-electron chi connectivity index (χ2n) is 7.96. The molecule has 2 aromatic rings. The summed E-state index contributed by atoms with van der Waals surface area (Å²) < 4.78 is 0. The molecule has 1 fully saturated rings. The van der Waals surface area contributed by atoms with Gasteiger partial charge in [0.1, 0.15) is 6.04 Å². The van der Waals surface area contributed by atoms with Crippen molar-refractivity contribution in [3.8, 4) is 23.7 Å². The molecule has 0 bridgehead atoms. The summed E-state index contributed by atoms with van der Waals surface area (Å²) in [4.78, 5) is 36.0. The predicted octanol–water partition coefficient (Wildman–Crippen LogP) is 0.765. The van der Waals surface area contributed by atoms with Crippen molar-refractivity contribution >= 4 is 23.4 Å². The van der Waals surface area contributed by atoms with E-state index in [2.05, 4.69) is 39.6 Å². The van der Waals surface area contributed by atoms with Gasteiger partial charge in [-0.15, -0.1) is 0 Å². The van der Waals surface area contributed by atoms with Gasteiger partial charge in [-0.3, -0.25) is 19.6 Å². The SMILES string of the molecule is C[C@@H](O)[C@H](NC(=O)c1ccc(C#CC#Cc2ccc(NC(=O)[C@@H]3CCCN3)cc2)cc1)C(=O)NO. The molecule has 2 aromatic carbocycles. The highest BCUT2D eigenvalue weighted by Crippen LogP contribution is 2.12. The quantitative estimate of drug-likeness (QED) is 0.208. The summed E-state index contributed by atoms with van der Waals surface area (Å²) in [5.41, 5.74) is 3.76. The number of nitrogens with one attached hydrogen (secondary N) is 4. The Labute approximate surface area is 203 Å². The first-order valence-electron chi connectivity index (χ1n) is 11.1. The first kappa shape index (κ1) is 25.5. The van der Waals surface area contributed by atoms with Crippen LogP contribution in [0.15, 0.2) is 48.5 Å². The number of benzene rings is 2. The summed E-state index contributed by atoms with van der Waals surface area (Å²) in [5, 5.41) is 26.7. The van der Waals surface area contributed by atoms with Crippen LogP contribution in [0.1, 0.15) is 41.3 Å². The molecule has 0 spiro atoms. The Balaban J connectivity index is 1.55. The van der Waals surface area contributed by atoms with Crippen LogP contribution >= 0.6 is 0 Å². The van der Waals surface area contributed by atoms with Crippen molar-refractivity contribution in [3.05, 3.63) is 65.2 Å². The van der Waals surface area contributed by atoms with Gasteiger partial charge in [0.15, 0.2) is 0 Å². The third kappa shape index (κ3) is 7.42. The molecule has 1 aliphatic rings. The average molecular weight is 475 g/mol. The fourth-order valence-corrected chi connectivity index (χ4v) is 3.39. The molecule has 6 N–H and O–H groups in total. The van der Waals surface area contributed by atoms with Gasteiger partial charge in [0, 0.05) is 22.4 Å². The van der Waals surface area contributed by atoms with Crippen LogP contribution in [-0.2, 0) is 9.59 Å². The Bertz CT molecular complexity index is 1180. The van der Waals surface area contributed by atoms with Crippen LogP contribution < -0.4 is 21.4 Å². The van der Waals surface area contributed by atoms with Crippen LogP contribution in [-0.4, -0.2) is 52.8 Å². The molecule has 35 heavy (non-hydrogen) atoms. The highest BCUT2D eigenvalue weighted by molar-refractivity contribution is 5.97. The number of carbonyl (C=O) groups is 3. The lowest BCUT2D eigenvalue weighted by molar-refractivity contribution is -0.133. The van der Waals surface area contributed by atoms with E-state index in [1.54, 1.807) is 36.4 Å². The Morgan fingerprint density at radius 2 is 1.60 bits per heavy atom. The summed E-state index contributed by atoms with van der Waals surface area (Å²) in [6.07, 6.45) is 0.652. The number of aliphatic hydroxyl groups excluding tert-OH is 1. The molecule has 1 saturated heterocycles. The van der Waals surface area contributed by atoms with E-state index in [0.717, 1.165) is 24.9 Å². The molecule has 0 radical (unpaired) electrons. The maximum absolute atomic E-state index is 12.3. The molecule has 0 unspecified atom stereocenters. The smallest absolute Gasteiger partial charge is 0.268 e. The topological polar surface area (TPSA) is 140 Å². The van der Waals surface area contributed by atoms with Crippen molar-refractivity contribution in [3.63, 3.8) is 0 Å². The van der Waals surface area contributed by atoms with E-state index >= 15 is 0 Å². The molecular weight excluding hydrogens is 448 g/mol. The minimum atomic E-state index is -1.29. The summed E-state index contributed by atoms with van der Waals surface area (Å²) in [6.45, 7) is 2.18. The van der Waals surface area contributed by atoms with Crippen molar-refractivity contribution in [2.75, 3.05) is 11.9 Å². The fourth-order valence-electron chi connectivity index (χ4n) is 3.39. The molecule has 3 atom stereocenters. The summed E-state index contributed by atoms with van der Waals surface area (Å²) in [5.74, 6) is 9.79. The van der Waals surface area contributed by atoms with Crippen molar-refractivity contribution in [1.82, 2.24) is 16.1 Å². The number of rotatable bonds is 6. The van der Waals surface area contributed by atoms with Crippen LogP contribution in [0.25, 0.3) is 0 Å². The zero-order chi connectivity index (χ0) is 25.2. The van der Waals surface area contributed by atoms with Gasteiger partial charge in [0.05, 0.1) is 12.1 Å². The summed E-state index contributed by atoms with van der Waals surface area (Å²) in [6, 6.07) is 12.1. The van der Waals surface area contributed by atoms with Crippen LogP contribution in [0.4, 0.5) is 5.69 Å². The van der Waals surface area contributed by atoms with Gasteiger partial charge in [0.25, 0.3) is 11.8 Å². The molecule has 0 aliphatic carbocycles. The molecule has 0 saturated carbocycles. The minimum absolute atomic E-state index is 0.0332. The third-order valence-electron chi connectivity index (χ3n) is 5.31. The maximum atomic E-state index is 12.3.